The second kappa shape index (κ2) is 8.65. The van der Waals surface area contributed by atoms with Crippen molar-refractivity contribution in [2.24, 2.45) is 13.0 Å². The number of carbonyl (C=O) groups excluding carboxylic acids is 2. The lowest BCUT2D eigenvalue weighted by atomic mass is 9.99. The van der Waals surface area contributed by atoms with Gasteiger partial charge in [0.1, 0.15) is 18.1 Å². The fraction of sp³-hybridized carbons (Fsp3) is 0.320. The molecule has 4 aromatic rings. The van der Waals surface area contributed by atoms with E-state index in [-0.39, 0.29) is 23.2 Å². The highest BCUT2D eigenvalue weighted by atomic mass is 19.4. The van der Waals surface area contributed by atoms with Crippen LogP contribution < -0.4 is 5.32 Å². The standard InChI is InChI=1S/C25H23F4N5O2/c1-14-18(23(35)30-13-25(27,28)29)4-5-20-19(14)12-34(31-20)11-15-9-33(10-15)24(36)22-8-16-7-17(26)3-6-21(16)32(22)2/h3-8,12,15H,9-11,13H2,1-2H3,(H,30,35). The molecule has 0 unspecified atom stereocenters. The van der Waals surface area contributed by atoms with E-state index in [2.05, 4.69) is 5.10 Å². The maximum absolute atomic E-state index is 13.5. The molecule has 0 bridgehead atoms. The number of carbonyl (C=O) groups is 2. The first-order chi connectivity index (χ1) is 17.0. The predicted octanol–water partition coefficient (Wildman–Crippen LogP) is 4.04. The molecule has 0 radical (unpaired) electrons. The number of aryl methyl sites for hydroxylation is 2. The van der Waals surface area contributed by atoms with Gasteiger partial charge in [0.25, 0.3) is 11.8 Å². The Balaban J connectivity index is 1.25. The fourth-order valence-corrected chi connectivity index (χ4v) is 4.70. The third-order valence-electron chi connectivity index (χ3n) is 6.61. The molecule has 0 atom stereocenters. The summed E-state index contributed by atoms with van der Waals surface area (Å²) in [4.78, 5) is 26.9. The van der Waals surface area contributed by atoms with Crippen molar-refractivity contribution in [3.8, 4) is 0 Å². The molecule has 0 aliphatic carbocycles. The second-order valence-electron chi connectivity index (χ2n) is 9.19. The van der Waals surface area contributed by atoms with Crippen molar-refractivity contribution in [3.05, 3.63) is 65.2 Å². The van der Waals surface area contributed by atoms with Crippen LogP contribution in [0.25, 0.3) is 21.8 Å². The Morgan fingerprint density at radius 3 is 2.61 bits per heavy atom. The second-order valence-corrected chi connectivity index (χ2v) is 9.19. The first kappa shape index (κ1) is 23.8. The minimum Gasteiger partial charge on any atom is -0.343 e. The zero-order chi connectivity index (χ0) is 25.8. The van der Waals surface area contributed by atoms with Crippen molar-refractivity contribution >= 4 is 33.6 Å². The zero-order valence-corrected chi connectivity index (χ0v) is 19.6. The first-order valence-corrected chi connectivity index (χ1v) is 11.4. The van der Waals surface area contributed by atoms with Gasteiger partial charge in [0, 0.05) is 60.6 Å². The summed E-state index contributed by atoms with van der Waals surface area (Å²) >= 11 is 0. The number of nitrogens with zero attached hydrogens (tertiary/aromatic N) is 4. The van der Waals surface area contributed by atoms with Gasteiger partial charge in [-0.3, -0.25) is 14.3 Å². The summed E-state index contributed by atoms with van der Waals surface area (Å²) in [5, 5.41) is 7.77. The van der Waals surface area contributed by atoms with E-state index in [0.717, 1.165) is 5.52 Å². The molecule has 5 rings (SSSR count). The third kappa shape index (κ3) is 4.40. The maximum atomic E-state index is 13.5. The monoisotopic (exact) mass is 501 g/mol. The van der Waals surface area contributed by atoms with Crippen molar-refractivity contribution in [2.45, 2.75) is 19.6 Å². The van der Waals surface area contributed by atoms with Crippen LogP contribution in [0.4, 0.5) is 17.6 Å². The number of amides is 2. The average Bonchev–Trinajstić information content (AvgIpc) is 3.34. The van der Waals surface area contributed by atoms with Gasteiger partial charge in [-0.05, 0) is 48.9 Å². The minimum atomic E-state index is -4.48. The summed E-state index contributed by atoms with van der Waals surface area (Å²) < 4.78 is 54.4. The van der Waals surface area contributed by atoms with E-state index in [9.17, 15) is 27.2 Å². The van der Waals surface area contributed by atoms with E-state index in [1.54, 1.807) is 52.5 Å². The van der Waals surface area contributed by atoms with E-state index in [1.807, 2.05) is 5.32 Å². The highest BCUT2D eigenvalue weighted by Crippen LogP contribution is 2.26. The Morgan fingerprint density at radius 2 is 1.89 bits per heavy atom. The van der Waals surface area contributed by atoms with Crippen LogP contribution >= 0.6 is 0 Å². The Bertz CT molecular complexity index is 1500. The van der Waals surface area contributed by atoms with E-state index >= 15 is 0 Å². The highest BCUT2D eigenvalue weighted by molar-refractivity contribution is 6.01. The lowest BCUT2D eigenvalue weighted by Gasteiger charge is -2.39. The summed E-state index contributed by atoms with van der Waals surface area (Å²) in [6.07, 6.45) is -2.71. The first-order valence-electron chi connectivity index (χ1n) is 11.4. The normalized spacial score (nSPS) is 14.4. The van der Waals surface area contributed by atoms with Crippen LogP contribution in [0.5, 0.6) is 0 Å². The summed E-state index contributed by atoms with van der Waals surface area (Å²) in [5.41, 5.74) is 2.63. The van der Waals surface area contributed by atoms with E-state index in [1.165, 1.54) is 18.2 Å². The largest absolute Gasteiger partial charge is 0.405 e. The average molecular weight is 501 g/mol. The Kier molecular flexibility index (Phi) is 5.73. The molecule has 0 spiro atoms. The van der Waals surface area contributed by atoms with Crippen LogP contribution in [-0.4, -0.2) is 56.9 Å². The fourth-order valence-electron chi connectivity index (χ4n) is 4.70. The van der Waals surface area contributed by atoms with Crippen molar-refractivity contribution < 1.29 is 27.2 Å². The van der Waals surface area contributed by atoms with Crippen LogP contribution in [-0.2, 0) is 13.6 Å². The summed E-state index contributed by atoms with van der Waals surface area (Å²) in [5.74, 6) is -1.10. The maximum Gasteiger partial charge on any atom is 0.405 e. The molecule has 1 aliphatic rings. The van der Waals surface area contributed by atoms with Crippen molar-refractivity contribution in [2.75, 3.05) is 19.6 Å². The quantitative estimate of drug-likeness (QED) is 0.420. The van der Waals surface area contributed by atoms with E-state index in [4.69, 9.17) is 0 Å². The van der Waals surface area contributed by atoms with Gasteiger partial charge in [-0.25, -0.2) is 4.39 Å². The lowest BCUT2D eigenvalue weighted by Crippen LogP contribution is -2.51. The topological polar surface area (TPSA) is 72.2 Å². The van der Waals surface area contributed by atoms with Crippen LogP contribution in [0.2, 0.25) is 0 Å². The summed E-state index contributed by atoms with van der Waals surface area (Å²) in [6, 6.07) is 9.20. The SMILES string of the molecule is Cc1c(C(=O)NCC(F)(F)F)ccc2nn(CC3CN(C(=O)c4cc5cc(F)ccc5n4C)C3)cc12. The number of hydrogen-bond donors (Lipinski definition) is 1. The Hall–Kier alpha value is -3.89. The predicted molar refractivity (Wildman–Crippen MR) is 125 cm³/mol. The van der Waals surface area contributed by atoms with Crippen LogP contribution in [0.1, 0.15) is 26.4 Å². The molecule has 36 heavy (non-hydrogen) atoms. The Morgan fingerprint density at radius 1 is 1.14 bits per heavy atom. The molecule has 1 fully saturated rings. The van der Waals surface area contributed by atoms with Gasteiger partial charge in [-0.1, -0.05) is 0 Å². The van der Waals surface area contributed by atoms with Crippen LogP contribution in [0, 0.1) is 18.7 Å². The zero-order valence-electron chi connectivity index (χ0n) is 19.6. The molecule has 11 heteroatoms. The van der Waals surface area contributed by atoms with Gasteiger partial charge in [0.15, 0.2) is 0 Å². The number of fused-ring (bicyclic) bond motifs is 2. The third-order valence-corrected chi connectivity index (χ3v) is 6.61. The number of nitrogens with one attached hydrogen (secondary N) is 1. The van der Waals surface area contributed by atoms with Crippen LogP contribution in [0.3, 0.4) is 0 Å². The van der Waals surface area contributed by atoms with E-state index < -0.39 is 18.6 Å². The number of aromatic nitrogens is 3. The van der Waals surface area contributed by atoms with Crippen LogP contribution in [0.15, 0.2) is 42.6 Å². The number of hydrogen-bond acceptors (Lipinski definition) is 3. The number of likely N-dealkylation sites (tertiary alicyclic amines) is 1. The molecule has 3 heterocycles. The van der Waals surface area contributed by atoms with Gasteiger partial charge in [-0.15, -0.1) is 0 Å². The summed E-state index contributed by atoms with van der Waals surface area (Å²) in [7, 11) is 1.78. The molecule has 7 nitrogen and oxygen atoms in total. The molecule has 1 saturated heterocycles. The Labute approximate surface area is 203 Å². The summed E-state index contributed by atoms with van der Waals surface area (Å²) in [6.45, 7) is 1.91. The van der Waals surface area contributed by atoms with Gasteiger partial charge >= 0.3 is 6.18 Å². The van der Waals surface area contributed by atoms with Crippen molar-refractivity contribution in [1.82, 2.24) is 24.6 Å². The van der Waals surface area contributed by atoms with Gasteiger partial charge in [0.2, 0.25) is 0 Å². The lowest BCUT2D eigenvalue weighted by molar-refractivity contribution is -0.123. The number of halogens is 4. The highest BCUT2D eigenvalue weighted by Gasteiger charge is 2.33. The molecule has 188 valence electrons. The molecular weight excluding hydrogens is 478 g/mol. The molecule has 1 N–H and O–H groups in total. The van der Waals surface area contributed by atoms with E-state index in [0.29, 0.717) is 47.2 Å². The molecule has 1 aliphatic heterocycles. The number of benzene rings is 2. The number of rotatable bonds is 5. The van der Waals surface area contributed by atoms with Crippen molar-refractivity contribution in [3.63, 3.8) is 0 Å². The molecular formula is C25H23F4N5O2. The number of alkyl halides is 3. The van der Waals surface area contributed by atoms with Gasteiger partial charge < -0.3 is 14.8 Å². The molecule has 2 aromatic carbocycles. The van der Waals surface area contributed by atoms with Gasteiger partial charge in [-0.2, -0.15) is 18.3 Å². The molecule has 2 amide bonds. The molecule has 2 aromatic heterocycles. The smallest absolute Gasteiger partial charge is 0.343 e. The van der Waals surface area contributed by atoms with Gasteiger partial charge in [0.05, 0.1) is 5.52 Å². The minimum absolute atomic E-state index is 0.124. The molecule has 0 saturated carbocycles. The van der Waals surface area contributed by atoms with Crippen molar-refractivity contribution in [1.29, 1.82) is 0 Å².